The number of urea groups is 1. The van der Waals surface area contributed by atoms with E-state index >= 15 is 0 Å². The number of amides is 2. The van der Waals surface area contributed by atoms with Gasteiger partial charge in [-0.25, -0.2) is 14.4 Å². The third kappa shape index (κ3) is 7.93. The lowest BCUT2D eigenvalue weighted by atomic mass is 10.1. The molecule has 156 valence electrons. The lowest BCUT2D eigenvalue weighted by Crippen LogP contribution is -2.30. The van der Waals surface area contributed by atoms with Crippen LogP contribution in [0.1, 0.15) is 47.4 Å². The average Bonchev–Trinajstić information content (AvgIpc) is 2.69. The first-order valence-corrected chi connectivity index (χ1v) is 9.04. The number of benzene rings is 1. The smallest absolute Gasteiger partial charge is 0.337 e. The number of hydrogen-bond donors (Lipinski definition) is 2. The summed E-state index contributed by atoms with van der Waals surface area (Å²) in [6.45, 7) is 5.30. The molecule has 0 aliphatic carbocycles. The molecule has 2 N–H and O–H groups in total. The van der Waals surface area contributed by atoms with Crippen molar-refractivity contribution in [1.29, 1.82) is 0 Å². The Morgan fingerprint density at radius 3 is 1.93 bits per heavy atom. The van der Waals surface area contributed by atoms with E-state index in [1.54, 1.807) is 0 Å². The fourth-order valence-corrected chi connectivity index (χ4v) is 2.40. The number of methoxy groups -OCH3 is 2. The molecule has 0 spiro atoms. The number of carbonyl (C=O) groups is 3. The molecule has 0 radical (unpaired) electrons. The van der Waals surface area contributed by atoms with Crippen molar-refractivity contribution >= 4 is 23.7 Å². The lowest BCUT2D eigenvalue weighted by molar-refractivity contribution is -0.139. The van der Waals surface area contributed by atoms with Gasteiger partial charge in [0.1, 0.15) is 0 Å². The topological polar surface area (TPSA) is 112 Å². The summed E-state index contributed by atoms with van der Waals surface area (Å²) < 4.78 is 20.2. The summed E-state index contributed by atoms with van der Waals surface area (Å²) in [4.78, 5) is 35.6. The van der Waals surface area contributed by atoms with E-state index in [4.69, 9.17) is 9.47 Å². The van der Waals surface area contributed by atoms with Crippen molar-refractivity contribution in [2.75, 3.05) is 39.3 Å². The number of carbonyl (C=O) groups excluding carboxylic acids is 3. The van der Waals surface area contributed by atoms with Crippen LogP contribution in [0.5, 0.6) is 0 Å². The minimum absolute atomic E-state index is 0.122. The highest BCUT2D eigenvalue weighted by molar-refractivity contribution is 5.99. The standard InChI is InChI=1S/C19H28N2O7/c1-5-27-16(28-6-2)8-7-9-20-19(24)21-15-11-13(17(22)25-3)10-14(12-15)18(23)26-4/h10-12,16H,5-9H2,1-4H3,(H2,20,21,24). The summed E-state index contributed by atoms with van der Waals surface area (Å²) in [5.74, 6) is -1.26. The molecule has 2 amide bonds. The van der Waals surface area contributed by atoms with Gasteiger partial charge in [0.05, 0.1) is 25.3 Å². The van der Waals surface area contributed by atoms with Gasteiger partial charge in [-0.15, -0.1) is 0 Å². The summed E-state index contributed by atoms with van der Waals surface area (Å²) in [7, 11) is 2.45. The van der Waals surface area contributed by atoms with Gasteiger partial charge in [0.25, 0.3) is 0 Å². The molecule has 28 heavy (non-hydrogen) atoms. The van der Waals surface area contributed by atoms with Gasteiger partial charge in [-0.3, -0.25) is 0 Å². The van der Waals surface area contributed by atoms with E-state index in [1.165, 1.54) is 32.4 Å². The predicted molar refractivity (Wildman–Crippen MR) is 102 cm³/mol. The maximum absolute atomic E-state index is 12.1. The normalized spacial score (nSPS) is 10.5. The zero-order chi connectivity index (χ0) is 20.9. The van der Waals surface area contributed by atoms with E-state index < -0.39 is 18.0 Å². The van der Waals surface area contributed by atoms with Gasteiger partial charge >= 0.3 is 18.0 Å². The number of esters is 2. The van der Waals surface area contributed by atoms with Gasteiger partial charge in [-0.1, -0.05) is 0 Å². The van der Waals surface area contributed by atoms with Crippen LogP contribution in [0.25, 0.3) is 0 Å². The molecule has 0 unspecified atom stereocenters. The Hall–Kier alpha value is -2.65. The van der Waals surface area contributed by atoms with Gasteiger partial charge in [0.15, 0.2) is 6.29 Å². The second-order valence-corrected chi connectivity index (χ2v) is 5.65. The van der Waals surface area contributed by atoms with Crippen LogP contribution in [0.4, 0.5) is 10.5 Å². The predicted octanol–water partition coefficient (Wildman–Crippen LogP) is 2.56. The molecule has 0 atom stereocenters. The zero-order valence-electron chi connectivity index (χ0n) is 16.7. The summed E-state index contributed by atoms with van der Waals surface area (Å²) in [6.07, 6.45) is 1.01. The van der Waals surface area contributed by atoms with Crippen LogP contribution in [0.15, 0.2) is 18.2 Å². The molecule has 9 nitrogen and oxygen atoms in total. The lowest BCUT2D eigenvalue weighted by Gasteiger charge is -2.16. The van der Waals surface area contributed by atoms with Crippen LogP contribution in [0.3, 0.4) is 0 Å². The highest BCUT2D eigenvalue weighted by atomic mass is 16.7. The Morgan fingerprint density at radius 2 is 1.46 bits per heavy atom. The van der Waals surface area contributed by atoms with Crippen LogP contribution in [0.2, 0.25) is 0 Å². The second-order valence-electron chi connectivity index (χ2n) is 5.65. The molecule has 9 heteroatoms. The largest absolute Gasteiger partial charge is 0.465 e. The molecule has 0 aliphatic heterocycles. The molecule has 1 aromatic carbocycles. The van der Waals surface area contributed by atoms with E-state index in [0.29, 0.717) is 32.6 Å². The fourth-order valence-electron chi connectivity index (χ4n) is 2.40. The number of hydrogen-bond acceptors (Lipinski definition) is 7. The third-order valence-electron chi connectivity index (χ3n) is 3.64. The van der Waals surface area contributed by atoms with Crippen molar-refractivity contribution in [3.05, 3.63) is 29.3 Å². The summed E-state index contributed by atoms with van der Waals surface area (Å²) in [6, 6.07) is 3.69. The molecule has 0 bridgehead atoms. The van der Waals surface area contributed by atoms with Gasteiger partial charge in [-0.05, 0) is 38.5 Å². The molecule has 0 saturated heterocycles. The molecule has 0 aliphatic rings. The molecule has 0 saturated carbocycles. The zero-order valence-corrected chi connectivity index (χ0v) is 16.7. The van der Waals surface area contributed by atoms with Gasteiger partial charge < -0.3 is 29.6 Å². The Balaban J connectivity index is 2.65. The average molecular weight is 396 g/mol. The summed E-state index contributed by atoms with van der Waals surface area (Å²) >= 11 is 0. The molecule has 0 aromatic heterocycles. The monoisotopic (exact) mass is 396 g/mol. The first-order valence-electron chi connectivity index (χ1n) is 9.04. The first kappa shape index (κ1) is 23.4. The van der Waals surface area contributed by atoms with Crippen molar-refractivity contribution in [3.8, 4) is 0 Å². The first-order chi connectivity index (χ1) is 13.4. The summed E-state index contributed by atoms with van der Waals surface area (Å²) in [5, 5.41) is 5.29. The van der Waals surface area contributed by atoms with E-state index in [2.05, 4.69) is 20.1 Å². The number of ether oxygens (including phenoxy) is 4. The van der Waals surface area contributed by atoms with Gasteiger partial charge in [0, 0.05) is 31.9 Å². The maximum Gasteiger partial charge on any atom is 0.337 e. The molecular weight excluding hydrogens is 368 g/mol. The number of anilines is 1. The van der Waals surface area contributed by atoms with Gasteiger partial charge in [0.2, 0.25) is 0 Å². The molecule has 0 fully saturated rings. The Kier molecular flexibility index (Phi) is 10.6. The minimum Gasteiger partial charge on any atom is -0.465 e. The highest BCUT2D eigenvalue weighted by Gasteiger charge is 2.15. The van der Waals surface area contributed by atoms with Crippen molar-refractivity contribution in [3.63, 3.8) is 0 Å². The number of nitrogens with one attached hydrogen (secondary N) is 2. The van der Waals surface area contributed by atoms with Crippen LogP contribution < -0.4 is 10.6 Å². The molecule has 1 rings (SSSR count). The Labute approximate surface area is 164 Å². The SMILES string of the molecule is CCOC(CCCNC(=O)Nc1cc(C(=O)OC)cc(C(=O)OC)c1)OCC. The Bertz CT molecular complexity index is 623. The number of rotatable bonds is 11. The van der Waals surface area contributed by atoms with Crippen molar-refractivity contribution in [2.45, 2.75) is 33.0 Å². The minimum atomic E-state index is -0.632. The van der Waals surface area contributed by atoms with E-state index in [9.17, 15) is 14.4 Å². The summed E-state index contributed by atoms with van der Waals surface area (Å²) in [5.41, 5.74) is 0.510. The fraction of sp³-hybridized carbons (Fsp3) is 0.526. The van der Waals surface area contributed by atoms with Crippen LogP contribution >= 0.6 is 0 Å². The van der Waals surface area contributed by atoms with Crippen LogP contribution in [0, 0.1) is 0 Å². The highest BCUT2D eigenvalue weighted by Crippen LogP contribution is 2.17. The van der Waals surface area contributed by atoms with E-state index in [1.807, 2.05) is 13.8 Å². The van der Waals surface area contributed by atoms with Crippen molar-refractivity contribution in [1.82, 2.24) is 5.32 Å². The Morgan fingerprint density at radius 1 is 0.929 bits per heavy atom. The van der Waals surface area contributed by atoms with Gasteiger partial charge in [-0.2, -0.15) is 0 Å². The third-order valence-corrected chi connectivity index (χ3v) is 3.64. The van der Waals surface area contributed by atoms with E-state index in [0.717, 1.165) is 0 Å². The maximum atomic E-state index is 12.1. The van der Waals surface area contributed by atoms with E-state index in [-0.39, 0.29) is 23.1 Å². The van der Waals surface area contributed by atoms with Crippen LogP contribution in [-0.2, 0) is 18.9 Å². The van der Waals surface area contributed by atoms with Crippen molar-refractivity contribution in [2.24, 2.45) is 0 Å². The second kappa shape index (κ2) is 12.7. The quantitative estimate of drug-likeness (QED) is 0.336. The molecular formula is C19H28N2O7. The van der Waals surface area contributed by atoms with Crippen LogP contribution in [-0.4, -0.2) is 58.2 Å². The van der Waals surface area contributed by atoms with Crippen molar-refractivity contribution < 1.29 is 33.3 Å². The molecule has 0 heterocycles. The molecule has 1 aromatic rings.